The van der Waals surface area contributed by atoms with E-state index in [0.717, 1.165) is 0 Å². The zero-order valence-corrected chi connectivity index (χ0v) is 11.9. The molecule has 1 heterocycles. The van der Waals surface area contributed by atoms with Crippen molar-refractivity contribution in [2.45, 2.75) is 18.6 Å². The molecule has 6 nitrogen and oxygen atoms in total. The predicted octanol–water partition coefficient (Wildman–Crippen LogP) is 1.85. The number of rotatable bonds is 2. The van der Waals surface area contributed by atoms with Gasteiger partial charge in [0.15, 0.2) is 11.5 Å². The van der Waals surface area contributed by atoms with Crippen molar-refractivity contribution in [3.63, 3.8) is 0 Å². The Bertz CT molecular complexity index is 712. The second-order valence-electron chi connectivity index (χ2n) is 5.18. The summed E-state index contributed by atoms with van der Waals surface area (Å²) < 4.78 is 10.7. The van der Waals surface area contributed by atoms with Gasteiger partial charge in [0.05, 0.1) is 13.2 Å². The van der Waals surface area contributed by atoms with Crippen LogP contribution in [0.2, 0.25) is 0 Å². The topological polar surface area (TPSA) is 99.4 Å². The summed E-state index contributed by atoms with van der Waals surface area (Å²) in [6, 6.07) is 7.31. The van der Waals surface area contributed by atoms with Crippen LogP contribution in [0.1, 0.15) is 17.2 Å². The Morgan fingerprint density at radius 3 is 2.55 bits per heavy atom. The lowest BCUT2D eigenvalue weighted by atomic mass is 9.94. The summed E-state index contributed by atoms with van der Waals surface area (Å²) in [6.45, 7) is 0. The first-order valence-electron chi connectivity index (χ1n) is 6.76. The highest BCUT2D eigenvalue weighted by Gasteiger charge is 2.32. The van der Waals surface area contributed by atoms with Crippen molar-refractivity contribution in [1.29, 1.82) is 0 Å². The molecule has 22 heavy (non-hydrogen) atoms. The normalized spacial score (nSPS) is 20.1. The van der Waals surface area contributed by atoms with E-state index in [1.165, 1.54) is 25.3 Å². The monoisotopic (exact) mass is 304 g/mol. The Balaban J connectivity index is 1.97. The number of ether oxygens (including phenoxy) is 2. The van der Waals surface area contributed by atoms with Gasteiger partial charge < -0.3 is 29.9 Å². The van der Waals surface area contributed by atoms with Crippen LogP contribution in [0, 0.1) is 0 Å². The average molecular weight is 304 g/mol. The van der Waals surface area contributed by atoms with Crippen LogP contribution in [0.3, 0.4) is 0 Å². The third kappa shape index (κ3) is 2.37. The average Bonchev–Trinajstić information content (AvgIpc) is 2.47. The first-order valence-corrected chi connectivity index (χ1v) is 6.76. The third-order valence-electron chi connectivity index (χ3n) is 3.72. The van der Waals surface area contributed by atoms with Gasteiger partial charge in [0.1, 0.15) is 23.4 Å². The highest BCUT2D eigenvalue weighted by atomic mass is 16.5. The number of phenols is 3. The Morgan fingerprint density at radius 1 is 1.09 bits per heavy atom. The number of hydrogen-bond donors (Lipinski definition) is 4. The molecule has 0 saturated heterocycles. The first kappa shape index (κ1) is 14.3. The van der Waals surface area contributed by atoms with Crippen molar-refractivity contribution in [1.82, 2.24) is 0 Å². The standard InChI is InChI=1S/C16H16O6/c1-21-14-3-2-8(4-12(14)19)16-13(20)7-10-11(18)5-9(17)6-15(10)22-16/h2-6,13,16-20H,7H2,1H3/t13-,16+/m1/s1. The molecule has 1 aliphatic rings. The molecule has 0 aromatic heterocycles. The molecule has 0 aliphatic carbocycles. The molecule has 0 unspecified atom stereocenters. The van der Waals surface area contributed by atoms with Gasteiger partial charge in [-0.15, -0.1) is 0 Å². The van der Waals surface area contributed by atoms with E-state index in [2.05, 4.69) is 0 Å². The number of hydrogen-bond acceptors (Lipinski definition) is 6. The molecule has 0 amide bonds. The molecule has 0 radical (unpaired) electrons. The van der Waals surface area contributed by atoms with Gasteiger partial charge in [-0.2, -0.15) is 0 Å². The van der Waals surface area contributed by atoms with Crippen LogP contribution >= 0.6 is 0 Å². The summed E-state index contributed by atoms with van der Waals surface area (Å²) in [5.41, 5.74) is 1.01. The fourth-order valence-electron chi connectivity index (χ4n) is 2.63. The van der Waals surface area contributed by atoms with Gasteiger partial charge in [-0.25, -0.2) is 0 Å². The summed E-state index contributed by atoms with van der Waals surface area (Å²) >= 11 is 0. The number of aliphatic hydroxyl groups is 1. The van der Waals surface area contributed by atoms with E-state index in [9.17, 15) is 20.4 Å². The molecular weight excluding hydrogens is 288 g/mol. The second kappa shape index (κ2) is 5.31. The van der Waals surface area contributed by atoms with Crippen LogP contribution in [0.15, 0.2) is 30.3 Å². The third-order valence-corrected chi connectivity index (χ3v) is 3.72. The summed E-state index contributed by atoms with van der Waals surface area (Å²) in [5, 5.41) is 39.5. The Hall–Kier alpha value is -2.60. The zero-order chi connectivity index (χ0) is 15.9. The molecular formula is C16H16O6. The molecule has 0 bridgehead atoms. The largest absolute Gasteiger partial charge is 0.508 e. The van der Waals surface area contributed by atoms with Gasteiger partial charge in [0.2, 0.25) is 0 Å². The van der Waals surface area contributed by atoms with Gasteiger partial charge in [0, 0.05) is 24.1 Å². The second-order valence-corrected chi connectivity index (χ2v) is 5.18. The Labute approximate surface area is 126 Å². The van der Waals surface area contributed by atoms with E-state index in [4.69, 9.17) is 9.47 Å². The van der Waals surface area contributed by atoms with Crippen molar-refractivity contribution in [3.8, 4) is 28.7 Å². The van der Waals surface area contributed by atoms with E-state index >= 15 is 0 Å². The highest BCUT2D eigenvalue weighted by Crippen LogP contribution is 2.42. The molecule has 0 saturated carbocycles. The van der Waals surface area contributed by atoms with Gasteiger partial charge in [-0.1, -0.05) is 6.07 Å². The lowest BCUT2D eigenvalue weighted by Gasteiger charge is -2.31. The number of aliphatic hydroxyl groups excluding tert-OH is 1. The SMILES string of the molecule is COc1ccc([C@@H]2Oc3cc(O)cc(O)c3C[C@H]2O)cc1O. The fourth-order valence-corrected chi connectivity index (χ4v) is 2.63. The van der Waals surface area contributed by atoms with Gasteiger partial charge >= 0.3 is 0 Å². The molecule has 2 atom stereocenters. The van der Waals surface area contributed by atoms with E-state index < -0.39 is 12.2 Å². The van der Waals surface area contributed by atoms with Gasteiger partial charge in [0.25, 0.3) is 0 Å². The van der Waals surface area contributed by atoms with Crippen LogP contribution in [-0.4, -0.2) is 33.6 Å². The smallest absolute Gasteiger partial charge is 0.160 e. The number of methoxy groups -OCH3 is 1. The van der Waals surface area contributed by atoms with E-state index in [1.807, 2.05) is 0 Å². The maximum absolute atomic E-state index is 10.3. The van der Waals surface area contributed by atoms with Crippen LogP contribution in [0.4, 0.5) is 0 Å². The first-order chi connectivity index (χ1) is 10.5. The maximum Gasteiger partial charge on any atom is 0.160 e. The minimum Gasteiger partial charge on any atom is -0.508 e. The van der Waals surface area contributed by atoms with Crippen LogP contribution < -0.4 is 9.47 Å². The summed E-state index contributed by atoms with van der Waals surface area (Å²) in [4.78, 5) is 0. The molecule has 6 heteroatoms. The van der Waals surface area contributed by atoms with Crippen molar-refractivity contribution >= 4 is 0 Å². The zero-order valence-electron chi connectivity index (χ0n) is 11.9. The Kier molecular flexibility index (Phi) is 3.46. The molecule has 2 aromatic rings. The van der Waals surface area contributed by atoms with Crippen LogP contribution in [0.5, 0.6) is 28.7 Å². The molecule has 3 rings (SSSR count). The molecule has 2 aromatic carbocycles. The number of phenolic OH excluding ortho intramolecular Hbond substituents is 3. The van der Waals surface area contributed by atoms with Gasteiger partial charge in [-0.3, -0.25) is 0 Å². The van der Waals surface area contributed by atoms with Crippen LogP contribution in [0.25, 0.3) is 0 Å². The minimum atomic E-state index is -0.893. The lowest BCUT2D eigenvalue weighted by Crippen LogP contribution is -2.30. The van der Waals surface area contributed by atoms with Crippen molar-refractivity contribution < 1.29 is 29.9 Å². The van der Waals surface area contributed by atoms with E-state index in [1.54, 1.807) is 12.1 Å². The number of aromatic hydroxyl groups is 3. The lowest BCUT2D eigenvalue weighted by molar-refractivity contribution is 0.0197. The highest BCUT2D eigenvalue weighted by molar-refractivity contribution is 5.52. The van der Waals surface area contributed by atoms with Gasteiger partial charge in [-0.05, 0) is 17.7 Å². The number of benzene rings is 2. The van der Waals surface area contributed by atoms with E-state index in [0.29, 0.717) is 22.6 Å². The minimum absolute atomic E-state index is 0.0552. The van der Waals surface area contributed by atoms with Crippen molar-refractivity contribution in [2.24, 2.45) is 0 Å². The summed E-state index contributed by atoms with van der Waals surface area (Å²) in [5.74, 6) is 0.335. The quantitative estimate of drug-likeness (QED) is 0.676. The van der Waals surface area contributed by atoms with Crippen molar-refractivity contribution in [2.75, 3.05) is 7.11 Å². The molecule has 4 N–H and O–H groups in total. The fraction of sp³-hybridized carbons (Fsp3) is 0.250. The molecule has 116 valence electrons. The molecule has 0 spiro atoms. The maximum atomic E-state index is 10.3. The van der Waals surface area contributed by atoms with E-state index in [-0.39, 0.29) is 23.7 Å². The summed E-state index contributed by atoms with van der Waals surface area (Å²) in [6.07, 6.45) is -1.43. The van der Waals surface area contributed by atoms with Crippen LogP contribution in [-0.2, 0) is 6.42 Å². The number of fused-ring (bicyclic) bond motifs is 1. The molecule has 1 aliphatic heterocycles. The Morgan fingerprint density at radius 2 is 1.86 bits per heavy atom. The molecule has 0 fully saturated rings. The van der Waals surface area contributed by atoms with Crippen molar-refractivity contribution in [3.05, 3.63) is 41.5 Å². The predicted molar refractivity (Wildman–Crippen MR) is 77.5 cm³/mol. The summed E-state index contributed by atoms with van der Waals surface area (Å²) in [7, 11) is 1.45.